The van der Waals surface area contributed by atoms with E-state index in [1.54, 1.807) is 0 Å². The summed E-state index contributed by atoms with van der Waals surface area (Å²) in [6.45, 7) is 6.40. The zero-order valence-electron chi connectivity index (χ0n) is 16.8. The Morgan fingerprint density at radius 3 is 2.33 bits per heavy atom. The SMILES string of the molecule is CC(C)[C@H]1CN(C(=O)c2ccc(CN(C)C)cc2)C[C@@H](c2ccccc2)O1. The molecule has 0 bridgehead atoms. The van der Waals surface area contributed by atoms with Gasteiger partial charge < -0.3 is 14.5 Å². The summed E-state index contributed by atoms with van der Waals surface area (Å²) < 4.78 is 6.31. The summed E-state index contributed by atoms with van der Waals surface area (Å²) >= 11 is 0. The number of morpholine rings is 1. The van der Waals surface area contributed by atoms with Crippen LogP contribution in [0.1, 0.15) is 41.4 Å². The molecule has 0 aromatic heterocycles. The molecule has 1 amide bonds. The maximum atomic E-state index is 13.1. The van der Waals surface area contributed by atoms with E-state index in [1.165, 1.54) is 5.56 Å². The predicted molar refractivity (Wildman–Crippen MR) is 109 cm³/mol. The van der Waals surface area contributed by atoms with Crippen molar-refractivity contribution >= 4 is 5.91 Å². The van der Waals surface area contributed by atoms with Crippen molar-refractivity contribution in [2.45, 2.75) is 32.6 Å². The van der Waals surface area contributed by atoms with Crippen molar-refractivity contribution in [3.8, 4) is 0 Å². The number of amides is 1. The minimum Gasteiger partial charge on any atom is -0.366 e. The molecule has 1 aliphatic rings. The smallest absolute Gasteiger partial charge is 0.254 e. The lowest BCUT2D eigenvalue weighted by molar-refractivity contribution is -0.0954. The largest absolute Gasteiger partial charge is 0.366 e. The van der Waals surface area contributed by atoms with Crippen molar-refractivity contribution in [3.63, 3.8) is 0 Å². The summed E-state index contributed by atoms with van der Waals surface area (Å²) in [6, 6.07) is 18.2. The zero-order chi connectivity index (χ0) is 19.4. The molecular weight excluding hydrogens is 336 g/mol. The molecule has 0 saturated carbocycles. The summed E-state index contributed by atoms with van der Waals surface area (Å²) in [5.74, 6) is 0.440. The minimum absolute atomic E-state index is 0.0425. The Hall–Kier alpha value is -2.17. The summed E-state index contributed by atoms with van der Waals surface area (Å²) in [6.07, 6.45) is -0.0368. The van der Waals surface area contributed by atoms with Crippen LogP contribution in [0.3, 0.4) is 0 Å². The van der Waals surface area contributed by atoms with Gasteiger partial charge in [-0.15, -0.1) is 0 Å². The summed E-state index contributed by atoms with van der Waals surface area (Å²) in [4.78, 5) is 17.2. The molecule has 1 fully saturated rings. The van der Waals surface area contributed by atoms with Crippen molar-refractivity contribution in [2.24, 2.45) is 5.92 Å². The Balaban J connectivity index is 1.77. The maximum absolute atomic E-state index is 13.1. The van der Waals surface area contributed by atoms with Gasteiger partial charge in [0.15, 0.2) is 0 Å². The van der Waals surface area contributed by atoms with E-state index >= 15 is 0 Å². The first kappa shape index (κ1) is 19.6. The van der Waals surface area contributed by atoms with E-state index in [0.717, 1.165) is 17.7 Å². The van der Waals surface area contributed by atoms with E-state index in [4.69, 9.17) is 4.74 Å². The number of benzene rings is 2. The van der Waals surface area contributed by atoms with Crippen LogP contribution in [0.4, 0.5) is 0 Å². The van der Waals surface area contributed by atoms with Crippen LogP contribution in [0.5, 0.6) is 0 Å². The summed E-state index contributed by atoms with van der Waals surface area (Å²) in [7, 11) is 4.09. The molecule has 2 aromatic rings. The van der Waals surface area contributed by atoms with Gasteiger partial charge in [0, 0.05) is 18.7 Å². The van der Waals surface area contributed by atoms with Crippen molar-refractivity contribution in [1.29, 1.82) is 0 Å². The zero-order valence-corrected chi connectivity index (χ0v) is 16.8. The third-order valence-corrected chi connectivity index (χ3v) is 5.03. The van der Waals surface area contributed by atoms with Gasteiger partial charge in [-0.25, -0.2) is 0 Å². The molecule has 0 aliphatic carbocycles. The monoisotopic (exact) mass is 366 g/mol. The van der Waals surface area contributed by atoms with Gasteiger partial charge in [-0.3, -0.25) is 4.79 Å². The van der Waals surface area contributed by atoms with E-state index < -0.39 is 0 Å². The van der Waals surface area contributed by atoms with E-state index in [2.05, 4.69) is 30.9 Å². The standard InChI is InChI=1S/C23H30N2O2/c1-17(2)21-15-25(16-22(27-21)19-8-6-5-7-9-19)23(26)20-12-10-18(11-13-20)14-24(3)4/h5-13,17,21-22H,14-16H2,1-4H3/t21-,22+/m1/s1. The molecule has 1 heterocycles. The molecule has 3 rings (SSSR count). The fourth-order valence-electron chi connectivity index (χ4n) is 3.47. The van der Waals surface area contributed by atoms with Crippen molar-refractivity contribution < 1.29 is 9.53 Å². The third kappa shape index (κ3) is 4.96. The lowest BCUT2D eigenvalue weighted by Crippen LogP contribution is -2.48. The number of hydrogen-bond acceptors (Lipinski definition) is 3. The van der Waals surface area contributed by atoms with Crippen LogP contribution in [0.15, 0.2) is 54.6 Å². The molecule has 4 nitrogen and oxygen atoms in total. The topological polar surface area (TPSA) is 32.8 Å². The highest BCUT2D eigenvalue weighted by Gasteiger charge is 2.33. The first-order valence-electron chi connectivity index (χ1n) is 9.67. The Kier molecular flexibility index (Phi) is 6.30. The van der Waals surface area contributed by atoms with Gasteiger partial charge in [-0.05, 0) is 43.3 Å². The number of ether oxygens (including phenoxy) is 1. The number of nitrogens with zero attached hydrogens (tertiary/aromatic N) is 2. The van der Waals surface area contributed by atoms with Crippen LogP contribution in [-0.4, -0.2) is 49.0 Å². The van der Waals surface area contributed by atoms with Gasteiger partial charge in [-0.1, -0.05) is 56.3 Å². The average Bonchev–Trinajstić information content (AvgIpc) is 2.68. The highest BCUT2D eigenvalue weighted by Crippen LogP contribution is 2.29. The van der Waals surface area contributed by atoms with Crippen LogP contribution in [0.2, 0.25) is 0 Å². The molecule has 0 spiro atoms. The van der Waals surface area contributed by atoms with Gasteiger partial charge >= 0.3 is 0 Å². The van der Waals surface area contributed by atoms with Crippen LogP contribution in [0, 0.1) is 5.92 Å². The fourth-order valence-corrected chi connectivity index (χ4v) is 3.47. The van der Waals surface area contributed by atoms with Crippen molar-refractivity contribution in [3.05, 3.63) is 71.3 Å². The lowest BCUT2D eigenvalue weighted by atomic mass is 10.00. The number of carbonyl (C=O) groups excluding carboxylic acids is 1. The Morgan fingerprint density at radius 2 is 1.74 bits per heavy atom. The second-order valence-corrected chi connectivity index (χ2v) is 7.96. The number of hydrogen-bond donors (Lipinski definition) is 0. The second-order valence-electron chi connectivity index (χ2n) is 7.96. The quantitative estimate of drug-likeness (QED) is 0.802. The number of carbonyl (C=O) groups is 1. The third-order valence-electron chi connectivity index (χ3n) is 5.03. The van der Waals surface area contributed by atoms with Gasteiger partial charge in [0.1, 0.15) is 6.10 Å². The highest BCUT2D eigenvalue weighted by atomic mass is 16.5. The molecule has 27 heavy (non-hydrogen) atoms. The second kappa shape index (κ2) is 8.68. The molecule has 1 aliphatic heterocycles. The lowest BCUT2D eigenvalue weighted by Gasteiger charge is -2.40. The number of rotatable bonds is 5. The van der Waals surface area contributed by atoms with Crippen molar-refractivity contribution in [2.75, 3.05) is 27.2 Å². The van der Waals surface area contributed by atoms with E-state index in [-0.39, 0.29) is 18.1 Å². The Morgan fingerprint density at radius 1 is 1.07 bits per heavy atom. The van der Waals surface area contributed by atoms with Crippen molar-refractivity contribution in [1.82, 2.24) is 9.80 Å². The first-order chi connectivity index (χ1) is 12.9. The maximum Gasteiger partial charge on any atom is 0.254 e. The van der Waals surface area contributed by atoms with E-state index in [1.807, 2.05) is 61.5 Å². The van der Waals surface area contributed by atoms with Gasteiger partial charge in [0.05, 0.1) is 12.6 Å². The molecule has 0 N–H and O–H groups in total. The molecule has 1 saturated heterocycles. The highest BCUT2D eigenvalue weighted by molar-refractivity contribution is 5.94. The van der Waals surface area contributed by atoms with Gasteiger partial charge in [0.2, 0.25) is 0 Å². The van der Waals surface area contributed by atoms with Gasteiger partial charge in [0.25, 0.3) is 5.91 Å². The van der Waals surface area contributed by atoms with Crippen LogP contribution >= 0.6 is 0 Å². The predicted octanol–water partition coefficient (Wildman–Crippen LogP) is 3.99. The fraction of sp³-hybridized carbons (Fsp3) is 0.435. The van der Waals surface area contributed by atoms with Gasteiger partial charge in [-0.2, -0.15) is 0 Å². The van der Waals surface area contributed by atoms with Crippen LogP contribution in [0.25, 0.3) is 0 Å². The average molecular weight is 367 g/mol. The van der Waals surface area contributed by atoms with E-state index in [0.29, 0.717) is 19.0 Å². The molecule has 2 atom stereocenters. The summed E-state index contributed by atoms with van der Waals surface area (Å²) in [5, 5.41) is 0. The minimum atomic E-state index is -0.0793. The molecule has 2 aromatic carbocycles. The van der Waals surface area contributed by atoms with Crippen LogP contribution < -0.4 is 0 Å². The molecule has 0 radical (unpaired) electrons. The molecule has 4 heteroatoms. The first-order valence-corrected chi connectivity index (χ1v) is 9.67. The Labute approximate surface area is 162 Å². The molecule has 0 unspecified atom stereocenters. The molecule has 144 valence electrons. The molecular formula is C23H30N2O2. The van der Waals surface area contributed by atoms with E-state index in [9.17, 15) is 4.79 Å². The summed E-state index contributed by atoms with van der Waals surface area (Å²) in [5.41, 5.74) is 3.08. The normalized spacial score (nSPS) is 20.3. The Bertz CT molecular complexity index is 741. The van der Waals surface area contributed by atoms with Crippen LogP contribution in [-0.2, 0) is 11.3 Å².